The summed E-state index contributed by atoms with van der Waals surface area (Å²) in [6, 6.07) is 5.56. The molecule has 0 radical (unpaired) electrons. The van der Waals surface area contributed by atoms with Gasteiger partial charge in [-0.1, -0.05) is 12.1 Å². The molecule has 1 aromatic carbocycles. The molecule has 3 N–H and O–H groups in total. The minimum atomic E-state index is -0.453. The predicted octanol–water partition coefficient (Wildman–Crippen LogP) is 1.39. The van der Waals surface area contributed by atoms with Gasteiger partial charge in [0.15, 0.2) is 0 Å². The second-order valence-electron chi connectivity index (χ2n) is 4.88. The number of rotatable bonds is 7. The molecular weight excluding hydrogens is 245 g/mol. The molecule has 1 aliphatic carbocycles. The van der Waals surface area contributed by atoms with Crippen molar-refractivity contribution < 1.29 is 9.18 Å². The number of nitrogens with zero attached hydrogens (tertiary/aromatic N) is 1. The summed E-state index contributed by atoms with van der Waals surface area (Å²) in [5.41, 5.74) is 6.57. The van der Waals surface area contributed by atoms with Gasteiger partial charge in [0, 0.05) is 19.1 Å². The highest BCUT2D eigenvalue weighted by atomic mass is 19.1. The third-order valence-electron chi connectivity index (χ3n) is 3.27. The Labute approximate surface area is 112 Å². The van der Waals surface area contributed by atoms with Crippen molar-refractivity contribution >= 4 is 11.6 Å². The van der Waals surface area contributed by atoms with Gasteiger partial charge in [-0.15, -0.1) is 0 Å². The summed E-state index contributed by atoms with van der Waals surface area (Å²) >= 11 is 0. The number of hydrogen-bond acceptors (Lipinski definition) is 3. The smallest absolute Gasteiger partial charge is 0.236 e. The molecule has 1 saturated carbocycles. The van der Waals surface area contributed by atoms with Gasteiger partial charge in [-0.2, -0.15) is 0 Å². The minimum absolute atomic E-state index is 0.0356. The van der Waals surface area contributed by atoms with Crippen molar-refractivity contribution in [3.63, 3.8) is 0 Å². The van der Waals surface area contributed by atoms with E-state index >= 15 is 0 Å². The highest BCUT2D eigenvalue weighted by molar-refractivity contribution is 5.80. The summed E-state index contributed by atoms with van der Waals surface area (Å²) < 4.78 is 14.1. The van der Waals surface area contributed by atoms with E-state index in [9.17, 15) is 9.18 Å². The lowest BCUT2D eigenvalue weighted by Crippen LogP contribution is -2.35. The van der Waals surface area contributed by atoms with Gasteiger partial charge >= 0.3 is 0 Å². The molecule has 5 heteroatoms. The number of likely N-dealkylation sites (N-methyl/N-ethyl adjacent to an activating group) is 1. The van der Waals surface area contributed by atoms with Crippen molar-refractivity contribution in [2.75, 3.05) is 18.0 Å². The van der Waals surface area contributed by atoms with Gasteiger partial charge in [-0.05, 0) is 31.4 Å². The molecule has 104 valence electrons. The van der Waals surface area contributed by atoms with E-state index in [1.807, 2.05) is 13.0 Å². The maximum atomic E-state index is 14.1. The molecule has 0 aromatic heterocycles. The largest absolute Gasteiger partial charge is 0.368 e. The molecule has 0 aliphatic heterocycles. The summed E-state index contributed by atoms with van der Waals surface area (Å²) in [5, 5.41) is 3.36. The standard InChI is InChI=1S/C14H20FN3O/c1-2-18(9-13(16)19)14-10(4-3-5-12(14)15)8-17-11-6-7-11/h3-5,11,17H,2,6-9H2,1H3,(H2,16,19). The van der Waals surface area contributed by atoms with Gasteiger partial charge in [0.05, 0.1) is 12.2 Å². The third kappa shape index (κ3) is 3.67. The number of carbonyl (C=O) groups excluding carboxylic acids is 1. The first kappa shape index (κ1) is 13.8. The second kappa shape index (κ2) is 6.02. The molecule has 4 nitrogen and oxygen atoms in total. The predicted molar refractivity (Wildman–Crippen MR) is 73.3 cm³/mol. The van der Waals surface area contributed by atoms with Crippen molar-refractivity contribution in [1.29, 1.82) is 0 Å². The van der Waals surface area contributed by atoms with Crippen LogP contribution in [-0.4, -0.2) is 25.0 Å². The number of nitrogens with one attached hydrogen (secondary N) is 1. The van der Waals surface area contributed by atoms with Crippen molar-refractivity contribution in [3.05, 3.63) is 29.6 Å². The number of carbonyl (C=O) groups is 1. The van der Waals surface area contributed by atoms with E-state index < -0.39 is 5.91 Å². The Bertz CT molecular complexity index is 460. The van der Waals surface area contributed by atoms with Crippen LogP contribution in [0.5, 0.6) is 0 Å². The molecule has 0 unspecified atom stereocenters. The SMILES string of the molecule is CCN(CC(N)=O)c1c(F)cccc1CNC1CC1. The molecule has 1 amide bonds. The van der Waals surface area contributed by atoms with Gasteiger partial charge < -0.3 is 16.0 Å². The number of benzene rings is 1. The quantitative estimate of drug-likeness (QED) is 0.783. The normalized spacial score (nSPS) is 14.4. The molecular formula is C14H20FN3O. The number of anilines is 1. The van der Waals surface area contributed by atoms with Gasteiger partial charge in [-0.25, -0.2) is 4.39 Å². The summed E-state index contributed by atoms with van der Waals surface area (Å²) in [7, 11) is 0. The minimum Gasteiger partial charge on any atom is -0.368 e. The van der Waals surface area contributed by atoms with Gasteiger partial charge in [0.25, 0.3) is 0 Å². The summed E-state index contributed by atoms with van der Waals surface area (Å²) in [6.45, 7) is 3.08. The van der Waals surface area contributed by atoms with Crippen LogP contribution in [0.4, 0.5) is 10.1 Å². The van der Waals surface area contributed by atoms with Crippen LogP contribution in [0.3, 0.4) is 0 Å². The highest BCUT2D eigenvalue weighted by Gasteiger charge is 2.22. The molecule has 0 saturated heterocycles. The molecule has 1 aliphatic rings. The molecule has 0 spiro atoms. The number of hydrogen-bond donors (Lipinski definition) is 2. The summed E-state index contributed by atoms with van der Waals surface area (Å²) in [6.07, 6.45) is 2.37. The third-order valence-corrected chi connectivity index (χ3v) is 3.27. The van der Waals surface area contributed by atoms with Gasteiger partial charge in [-0.3, -0.25) is 4.79 Å². The first-order chi connectivity index (χ1) is 9.11. The average Bonchev–Trinajstić information content (AvgIpc) is 3.18. The number of amides is 1. The first-order valence-corrected chi connectivity index (χ1v) is 6.65. The lowest BCUT2D eigenvalue weighted by molar-refractivity contribution is -0.116. The van der Waals surface area contributed by atoms with Crippen LogP contribution in [0.15, 0.2) is 18.2 Å². The van der Waals surface area contributed by atoms with Crippen molar-refractivity contribution in [1.82, 2.24) is 5.32 Å². The Morgan fingerprint density at radius 2 is 2.26 bits per heavy atom. The lowest BCUT2D eigenvalue weighted by Gasteiger charge is -2.25. The van der Waals surface area contributed by atoms with Gasteiger partial charge in [0.2, 0.25) is 5.91 Å². The Morgan fingerprint density at radius 3 is 2.84 bits per heavy atom. The lowest BCUT2D eigenvalue weighted by atomic mass is 10.1. The van der Waals surface area contributed by atoms with E-state index in [0.29, 0.717) is 24.8 Å². The van der Waals surface area contributed by atoms with Crippen LogP contribution in [-0.2, 0) is 11.3 Å². The maximum Gasteiger partial charge on any atom is 0.236 e. The van der Waals surface area contributed by atoms with E-state index in [2.05, 4.69) is 5.32 Å². The van der Waals surface area contributed by atoms with Crippen LogP contribution in [0.1, 0.15) is 25.3 Å². The number of halogens is 1. The van der Waals surface area contributed by atoms with Crippen molar-refractivity contribution in [2.45, 2.75) is 32.4 Å². The van der Waals surface area contributed by atoms with Crippen molar-refractivity contribution in [3.8, 4) is 0 Å². The fraction of sp³-hybridized carbons (Fsp3) is 0.500. The number of para-hydroxylation sites is 1. The maximum absolute atomic E-state index is 14.1. The number of nitrogens with two attached hydrogens (primary N) is 1. The molecule has 0 heterocycles. The second-order valence-corrected chi connectivity index (χ2v) is 4.88. The van der Waals surface area contributed by atoms with Crippen LogP contribution in [0, 0.1) is 5.82 Å². The zero-order valence-electron chi connectivity index (χ0n) is 11.2. The van der Waals surface area contributed by atoms with E-state index in [4.69, 9.17) is 5.73 Å². The summed E-state index contributed by atoms with van der Waals surface area (Å²) in [4.78, 5) is 12.8. The fourth-order valence-corrected chi connectivity index (χ4v) is 2.14. The summed E-state index contributed by atoms with van der Waals surface area (Å²) in [5.74, 6) is -0.760. The van der Waals surface area contributed by atoms with E-state index in [-0.39, 0.29) is 12.4 Å². The Hall–Kier alpha value is -1.62. The molecule has 19 heavy (non-hydrogen) atoms. The average molecular weight is 265 g/mol. The molecule has 1 aromatic rings. The topological polar surface area (TPSA) is 58.4 Å². The Morgan fingerprint density at radius 1 is 1.53 bits per heavy atom. The molecule has 0 bridgehead atoms. The van der Waals surface area contributed by atoms with E-state index in [1.54, 1.807) is 11.0 Å². The zero-order valence-corrected chi connectivity index (χ0v) is 11.2. The highest BCUT2D eigenvalue weighted by Crippen LogP contribution is 2.26. The molecule has 0 atom stereocenters. The van der Waals surface area contributed by atoms with E-state index in [1.165, 1.54) is 18.9 Å². The van der Waals surface area contributed by atoms with Crippen LogP contribution < -0.4 is 16.0 Å². The van der Waals surface area contributed by atoms with Crippen LogP contribution in [0.2, 0.25) is 0 Å². The van der Waals surface area contributed by atoms with Gasteiger partial charge in [0.1, 0.15) is 5.82 Å². The first-order valence-electron chi connectivity index (χ1n) is 6.65. The molecule has 1 fully saturated rings. The zero-order chi connectivity index (χ0) is 13.8. The Kier molecular flexibility index (Phi) is 4.37. The fourth-order valence-electron chi connectivity index (χ4n) is 2.14. The number of primary amides is 1. The van der Waals surface area contributed by atoms with Crippen LogP contribution in [0.25, 0.3) is 0 Å². The Balaban J connectivity index is 2.20. The molecule has 2 rings (SSSR count). The monoisotopic (exact) mass is 265 g/mol. The van der Waals surface area contributed by atoms with Crippen LogP contribution >= 0.6 is 0 Å². The van der Waals surface area contributed by atoms with E-state index in [0.717, 1.165) is 5.56 Å². The van der Waals surface area contributed by atoms with Crippen molar-refractivity contribution in [2.24, 2.45) is 5.73 Å².